The molecule has 2 N–H and O–H groups in total. The van der Waals surface area contributed by atoms with Gasteiger partial charge in [0.05, 0.1) is 10.7 Å². The van der Waals surface area contributed by atoms with E-state index in [0.717, 1.165) is 16.9 Å². The predicted octanol–water partition coefficient (Wildman–Crippen LogP) is 5.38. The average Bonchev–Trinajstić information content (AvgIpc) is 2.52. The van der Waals surface area contributed by atoms with E-state index in [0.29, 0.717) is 16.5 Å². The monoisotopic (exact) mass is 295 g/mol. The van der Waals surface area contributed by atoms with Gasteiger partial charge in [-0.3, -0.25) is 0 Å². The molecule has 0 fully saturated rings. The van der Waals surface area contributed by atoms with Crippen molar-refractivity contribution in [1.29, 1.82) is 0 Å². The molecule has 3 heteroatoms. The van der Waals surface area contributed by atoms with Gasteiger partial charge in [0.1, 0.15) is 5.75 Å². The van der Waals surface area contributed by atoms with Crippen LogP contribution in [0.25, 0.3) is 11.1 Å². The fourth-order valence-electron chi connectivity index (χ4n) is 2.15. The molecule has 0 saturated heterocycles. The number of anilines is 1. The second kappa shape index (κ2) is 5.90. The van der Waals surface area contributed by atoms with Crippen molar-refractivity contribution in [2.45, 2.75) is 0 Å². The molecule has 0 saturated carbocycles. The molecule has 3 rings (SSSR count). The van der Waals surface area contributed by atoms with Gasteiger partial charge in [-0.2, -0.15) is 0 Å². The summed E-state index contributed by atoms with van der Waals surface area (Å²) in [7, 11) is 0. The number of para-hydroxylation sites is 2. The minimum Gasteiger partial charge on any atom is -0.453 e. The lowest BCUT2D eigenvalue weighted by molar-refractivity contribution is 0.487. The minimum absolute atomic E-state index is 0.488. The molecule has 0 bridgehead atoms. The Morgan fingerprint density at radius 2 is 1.48 bits per heavy atom. The quantitative estimate of drug-likeness (QED) is 0.658. The Bertz CT molecular complexity index is 736. The summed E-state index contributed by atoms with van der Waals surface area (Å²) in [6, 6.07) is 23.2. The van der Waals surface area contributed by atoms with Gasteiger partial charge in [0, 0.05) is 5.56 Å². The molecule has 0 atom stereocenters. The van der Waals surface area contributed by atoms with E-state index in [9.17, 15) is 0 Å². The summed E-state index contributed by atoms with van der Waals surface area (Å²) in [6.45, 7) is 0. The van der Waals surface area contributed by atoms with Gasteiger partial charge in [-0.1, -0.05) is 66.2 Å². The molecule has 0 aliphatic carbocycles. The van der Waals surface area contributed by atoms with Crippen LogP contribution in [-0.4, -0.2) is 0 Å². The maximum atomic E-state index is 6.17. The zero-order valence-electron chi connectivity index (χ0n) is 11.3. The summed E-state index contributed by atoms with van der Waals surface area (Å²) in [5.74, 6) is 1.21. The van der Waals surface area contributed by atoms with Crippen LogP contribution in [0.2, 0.25) is 5.02 Å². The van der Waals surface area contributed by atoms with Crippen LogP contribution < -0.4 is 10.5 Å². The van der Waals surface area contributed by atoms with Crippen LogP contribution >= 0.6 is 11.6 Å². The van der Waals surface area contributed by atoms with Crippen molar-refractivity contribution in [2.75, 3.05) is 5.73 Å². The van der Waals surface area contributed by atoms with E-state index in [4.69, 9.17) is 22.1 Å². The lowest BCUT2D eigenvalue weighted by Crippen LogP contribution is -1.94. The molecule has 104 valence electrons. The van der Waals surface area contributed by atoms with Gasteiger partial charge in [-0.05, 0) is 23.8 Å². The number of benzene rings is 3. The highest BCUT2D eigenvalue weighted by Gasteiger charge is 2.11. The Morgan fingerprint density at radius 3 is 2.24 bits per heavy atom. The Balaban J connectivity index is 2.05. The first-order valence-corrected chi connectivity index (χ1v) is 7.00. The van der Waals surface area contributed by atoms with Crippen LogP contribution in [-0.2, 0) is 0 Å². The number of nitrogen functional groups attached to an aromatic ring is 1. The van der Waals surface area contributed by atoms with Crippen molar-refractivity contribution in [2.24, 2.45) is 0 Å². The van der Waals surface area contributed by atoms with Crippen molar-refractivity contribution in [3.8, 4) is 22.6 Å². The van der Waals surface area contributed by atoms with Gasteiger partial charge in [-0.25, -0.2) is 0 Å². The van der Waals surface area contributed by atoms with Crippen LogP contribution in [0.5, 0.6) is 11.5 Å². The van der Waals surface area contributed by atoms with Gasteiger partial charge in [-0.15, -0.1) is 0 Å². The summed E-state index contributed by atoms with van der Waals surface area (Å²) in [6.07, 6.45) is 0. The van der Waals surface area contributed by atoms with Gasteiger partial charge in [0.15, 0.2) is 5.75 Å². The summed E-state index contributed by atoms with van der Waals surface area (Å²) >= 11 is 6.17. The maximum absolute atomic E-state index is 6.17. The number of rotatable bonds is 3. The fraction of sp³-hybridized carbons (Fsp3) is 0. The molecule has 0 radical (unpaired) electrons. The molecule has 3 aromatic rings. The number of hydrogen-bond donors (Lipinski definition) is 1. The van der Waals surface area contributed by atoms with Gasteiger partial charge in [0.2, 0.25) is 0 Å². The molecule has 3 aromatic carbocycles. The average molecular weight is 296 g/mol. The third-order valence-corrected chi connectivity index (χ3v) is 3.48. The summed E-state index contributed by atoms with van der Waals surface area (Å²) in [5.41, 5.74) is 8.55. The molecule has 21 heavy (non-hydrogen) atoms. The molecule has 0 aliphatic rings. The highest BCUT2D eigenvalue weighted by molar-refractivity contribution is 6.32. The number of ether oxygens (including phenoxy) is 1. The number of nitrogens with two attached hydrogens (primary N) is 1. The first kappa shape index (κ1) is 13.5. The largest absolute Gasteiger partial charge is 0.453 e. The molecule has 0 aliphatic heterocycles. The van der Waals surface area contributed by atoms with Gasteiger partial charge >= 0.3 is 0 Å². The molecule has 0 spiro atoms. The zero-order chi connectivity index (χ0) is 14.7. The van der Waals surface area contributed by atoms with Crippen LogP contribution in [0.15, 0.2) is 72.8 Å². The van der Waals surface area contributed by atoms with Crippen molar-refractivity contribution in [3.63, 3.8) is 0 Å². The standard InChI is InChI=1S/C18H14ClNO/c19-15-10-6-11-16(20)18(15)21-17-12-5-4-9-14(17)13-7-2-1-3-8-13/h1-12H,20H2. The lowest BCUT2D eigenvalue weighted by Gasteiger charge is -2.14. The van der Waals surface area contributed by atoms with Gasteiger partial charge < -0.3 is 10.5 Å². The smallest absolute Gasteiger partial charge is 0.168 e. The molecular formula is C18H14ClNO. The van der Waals surface area contributed by atoms with Crippen LogP contribution in [0.3, 0.4) is 0 Å². The maximum Gasteiger partial charge on any atom is 0.168 e. The van der Waals surface area contributed by atoms with E-state index in [-0.39, 0.29) is 0 Å². The molecular weight excluding hydrogens is 282 g/mol. The Labute approximate surface area is 128 Å². The third kappa shape index (κ3) is 2.86. The third-order valence-electron chi connectivity index (χ3n) is 3.18. The second-order valence-corrected chi connectivity index (χ2v) is 5.03. The Morgan fingerprint density at radius 1 is 0.762 bits per heavy atom. The molecule has 0 unspecified atom stereocenters. The van der Waals surface area contributed by atoms with Crippen molar-refractivity contribution < 1.29 is 4.74 Å². The van der Waals surface area contributed by atoms with Crippen molar-refractivity contribution >= 4 is 17.3 Å². The second-order valence-electron chi connectivity index (χ2n) is 4.62. The van der Waals surface area contributed by atoms with Crippen LogP contribution in [0, 0.1) is 0 Å². The first-order valence-electron chi connectivity index (χ1n) is 6.62. The van der Waals surface area contributed by atoms with E-state index in [1.807, 2.05) is 54.6 Å². The summed E-state index contributed by atoms with van der Waals surface area (Å²) in [5, 5.41) is 0.498. The molecule has 0 amide bonds. The van der Waals surface area contributed by atoms with Crippen molar-refractivity contribution in [1.82, 2.24) is 0 Å². The van der Waals surface area contributed by atoms with E-state index in [2.05, 4.69) is 0 Å². The summed E-state index contributed by atoms with van der Waals surface area (Å²) < 4.78 is 5.97. The van der Waals surface area contributed by atoms with Crippen LogP contribution in [0.1, 0.15) is 0 Å². The van der Waals surface area contributed by atoms with E-state index < -0.39 is 0 Å². The fourth-order valence-corrected chi connectivity index (χ4v) is 2.38. The Hall–Kier alpha value is -2.45. The van der Waals surface area contributed by atoms with Crippen LogP contribution in [0.4, 0.5) is 5.69 Å². The van der Waals surface area contributed by atoms with Crippen molar-refractivity contribution in [3.05, 3.63) is 77.8 Å². The zero-order valence-corrected chi connectivity index (χ0v) is 12.0. The number of hydrogen-bond acceptors (Lipinski definition) is 2. The lowest BCUT2D eigenvalue weighted by atomic mass is 10.0. The molecule has 0 heterocycles. The first-order chi connectivity index (χ1) is 10.3. The molecule has 2 nitrogen and oxygen atoms in total. The topological polar surface area (TPSA) is 35.2 Å². The van der Waals surface area contributed by atoms with E-state index >= 15 is 0 Å². The summed E-state index contributed by atoms with van der Waals surface area (Å²) in [4.78, 5) is 0. The minimum atomic E-state index is 0.488. The predicted molar refractivity (Wildman–Crippen MR) is 87.8 cm³/mol. The number of halogens is 1. The highest BCUT2D eigenvalue weighted by Crippen LogP contribution is 2.38. The Kier molecular flexibility index (Phi) is 3.80. The van der Waals surface area contributed by atoms with Gasteiger partial charge in [0.25, 0.3) is 0 Å². The van der Waals surface area contributed by atoms with E-state index in [1.54, 1.807) is 18.2 Å². The highest BCUT2D eigenvalue weighted by atomic mass is 35.5. The normalized spacial score (nSPS) is 10.3. The molecule has 0 aromatic heterocycles. The van der Waals surface area contributed by atoms with E-state index in [1.165, 1.54) is 0 Å². The SMILES string of the molecule is Nc1cccc(Cl)c1Oc1ccccc1-c1ccccc1.